The molecule has 3 aromatic rings. The van der Waals surface area contributed by atoms with Gasteiger partial charge in [-0.2, -0.15) is 4.31 Å². The van der Waals surface area contributed by atoms with Crippen molar-refractivity contribution in [1.29, 1.82) is 0 Å². The molecule has 1 fully saturated rings. The van der Waals surface area contributed by atoms with E-state index in [4.69, 9.17) is 4.52 Å². The lowest BCUT2D eigenvalue weighted by Gasteiger charge is -2.34. The predicted molar refractivity (Wildman–Crippen MR) is 112 cm³/mol. The van der Waals surface area contributed by atoms with Crippen molar-refractivity contribution in [2.45, 2.75) is 12.7 Å². The van der Waals surface area contributed by atoms with E-state index >= 15 is 0 Å². The molecule has 0 amide bonds. The van der Waals surface area contributed by atoms with Gasteiger partial charge in [0.05, 0.1) is 0 Å². The molecule has 1 aromatic carbocycles. The molecule has 1 aliphatic heterocycles. The molecule has 10 heteroatoms. The first-order valence-electron chi connectivity index (χ1n) is 9.42. The molecule has 1 aliphatic rings. The average molecular weight is 417 g/mol. The summed E-state index contributed by atoms with van der Waals surface area (Å²) in [7, 11) is 0.378. The Morgan fingerprint density at radius 3 is 2.55 bits per heavy atom. The number of hydrogen-bond acceptors (Lipinski definition) is 8. The molecule has 0 saturated carbocycles. The number of hydrogen-bond donors (Lipinski definition) is 0. The zero-order valence-electron chi connectivity index (χ0n) is 16.7. The van der Waals surface area contributed by atoms with Crippen LogP contribution in [0.2, 0.25) is 0 Å². The van der Waals surface area contributed by atoms with E-state index in [1.807, 2.05) is 50.2 Å². The Morgan fingerprint density at radius 1 is 1.10 bits per heavy atom. The lowest BCUT2D eigenvalue weighted by atomic mass is 10.2. The van der Waals surface area contributed by atoms with Gasteiger partial charge in [-0.25, -0.2) is 18.4 Å². The van der Waals surface area contributed by atoms with Gasteiger partial charge in [-0.05, 0) is 19.1 Å². The second-order valence-corrected chi connectivity index (χ2v) is 9.26. The first kappa shape index (κ1) is 19.6. The van der Waals surface area contributed by atoms with Gasteiger partial charge in [0.1, 0.15) is 28.9 Å². The Bertz CT molecular complexity index is 1120. The standard InChI is InChI=1S/C19H24N6O3S/c1-14-20-18(23(2)3)12-19(21-14)24-8-10-25(11-9-24)29(26,27)13-16-15-6-4-5-7-17(15)28-22-16/h4-7,12H,8-11,13H2,1-3H3. The van der Waals surface area contributed by atoms with Crippen molar-refractivity contribution in [3.63, 3.8) is 0 Å². The van der Waals surface area contributed by atoms with Crippen LogP contribution >= 0.6 is 0 Å². The van der Waals surface area contributed by atoms with Crippen LogP contribution in [0.1, 0.15) is 11.5 Å². The highest BCUT2D eigenvalue weighted by molar-refractivity contribution is 7.88. The molecular formula is C19H24N6O3S. The summed E-state index contributed by atoms with van der Waals surface area (Å²) >= 11 is 0. The van der Waals surface area contributed by atoms with Gasteiger partial charge >= 0.3 is 0 Å². The minimum atomic E-state index is -3.49. The quantitative estimate of drug-likeness (QED) is 0.619. The van der Waals surface area contributed by atoms with Crippen molar-refractivity contribution < 1.29 is 12.9 Å². The first-order valence-corrected chi connectivity index (χ1v) is 11.0. The number of aromatic nitrogens is 3. The minimum absolute atomic E-state index is 0.165. The highest BCUT2D eigenvalue weighted by Gasteiger charge is 2.29. The molecule has 0 N–H and O–H groups in total. The number of piperazine rings is 1. The number of aryl methyl sites for hydroxylation is 1. The Morgan fingerprint density at radius 2 is 1.83 bits per heavy atom. The summed E-state index contributed by atoms with van der Waals surface area (Å²) in [5.41, 5.74) is 1.04. The molecule has 1 saturated heterocycles. The monoisotopic (exact) mass is 416 g/mol. The zero-order valence-corrected chi connectivity index (χ0v) is 17.6. The smallest absolute Gasteiger partial charge is 0.220 e. The lowest BCUT2D eigenvalue weighted by Crippen LogP contribution is -2.49. The molecule has 0 bridgehead atoms. The van der Waals surface area contributed by atoms with Gasteiger partial charge in [-0.15, -0.1) is 0 Å². The van der Waals surface area contributed by atoms with Crippen LogP contribution in [-0.4, -0.2) is 68.1 Å². The fourth-order valence-electron chi connectivity index (χ4n) is 3.43. The highest BCUT2D eigenvalue weighted by atomic mass is 32.2. The third-order valence-corrected chi connectivity index (χ3v) is 6.79. The summed E-state index contributed by atoms with van der Waals surface area (Å²) in [4.78, 5) is 13.0. The van der Waals surface area contributed by atoms with Gasteiger partial charge in [0.25, 0.3) is 0 Å². The fraction of sp³-hybridized carbons (Fsp3) is 0.421. The molecule has 154 valence electrons. The summed E-state index contributed by atoms with van der Waals surface area (Å²) in [6, 6.07) is 9.22. The third kappa shape index (κ3) is 4.03. The maximum Gasteiger partial charge on any atom is 0.220 e. The van der Waals surface area contributed by atoms with Gasteiger partial charge < -0.3 is 14.3 Å². The second-order valence-electron chi connectivity index (χ2n) is 7.29. The molecule has 0 radical (unpaired) electrons. The van der Waals surface area contributed by atoms with Crippen LogP contribution in [0, 0.1) is 6.92 Å². The topological polar surface area (TPSA) is 95.7 Å². The van der Waals surface area contributed by atoms with Crippen LogP contribution in [0.15, 0.2) is 34.9 Å². The third-order valence-electron chi connectivity index (χ3n) is 5.00. The molecule has 4 rings (SSSR count). The summed E-state index contributed by atoms with van der Waals surface area (Å²) < 4.78 is 32.6. The van der Waals surface area contributed by atoms with Gasteiger partial charge in [0, 0.05) is 51.7 Å². The molecule has 0 spiro atoms. The van der Waals surface area contributed by atoms with E-state index in [2.05, 4.69) is 20.0 Å². The van der Waals surface area contributed by atoms with Crippen LogP contribution in [0.5, 0.6) is 0 Å². The highest BCUT2D eigenvalue weighted by Crippen LogP contribution is 2.23. The molecular weight excluding hydrogens is 392 g/mol. The van der Waals surface area contributed by atoms with E-state index in [0.717, 1.165) is 17.0 Å². The second kappa shape index (κ2) is 7.60. The van der Waals surface area contributed by atoms with Crippen LogP contribution in [-0.2, 0) is 15.8 Å². The molecule has 3 heterocycles. The number of nitrogens with zero attached hydrogens (tertiary/aromatic N) is 6. The van der Waals surface area contributed by atoms with Crippen molar-refractivity contribution in [1.82, 2.24) is 19.4 Å². The number of anilines is 2. The van der Waals surface area contributed by atoms with Crippen molar-refractivity contribution >= 4 is 32.6 Å². The van der Waals surface area contributed by atoms with Crippen molar-refractivity contribution in [2.24, 2.45) is 0 Å². The van der Waals surface area contributed by atoms with E-state index in [9.17, 15) is 8.42 Å². The Hall–Kier alpha value is -2.72. The van der Waals surface area contributed by atoms with Crippen molar-refractivity contribution in [3.05, 3.63) is 41.9 Å². The Balaban J connectivity index is 1.46. The molecule has 0 atom stereocenters. The lowest BCUT2D eigenvalue weighted by molar-refractivity contribution is 0.381. The first-order chi connectivity index (χ1) is 13.8. The maximum atomic E-state index is 12.9. The number of rotatable bonds is 5. The number of benzene rings is 1. The van der Waals surface area contributed by atoms with E-state index in [1.165, 1.54) is 4.31 Å². The maximum absolute atomic E-state index is 12.9. The van der Waals surface area contributed by atoms with Gasteiger partial charge in [-0.3, -0.25) is 0 Å². The Kier molecular flexibility index (Phi) is 5.13. The molecule has 0 unspecified atom stereocenters. The SMILES string of the molecule is Cc1nc(N(C)C)cc(N2CCN(S(=O)(=O)Cc3noc4ccccc34)CC2)n1. The van der Waals surface area contributed by atoms with Crippen molar-refractivity contribution in [2.75, 3.05) is 50.1 Å². The van der Waals surface area contributed by atoms with Gasteiger partial charge in [-0.1, -0.05) is 17.3 Å². The summed E-state index contributed by atoms with van der Waals surface area (Å²) in [5.74, 6) is 2.18. The van der Waals surface area contributed by atoms with Gasteiger partial charge in [0.15, 0.2) is 5.58 Å². The van der Waals surface area contributed by atoms with Crippen LogP contribution in [0.25, 0.3) is 11.0 Å². The predicted octanol–water partition coefficient (Wildman–Crippen LogP) is 1.64. The van der Waals surface area contributed by atoms with Crippen molar-refractivity contribution in [3.8, 4) is 0 Å². The van der Waals surface area contributed by atoms with Crippen LogP contribution in [0.3, 0.4) is 0 Å². The summed E-state index contributed by atoms with van der Waals surface area (Å²) in [6.07, 6.45) is 0. The van der Waals surface area contributed by atoms with E-state index < -0.39 is 10.0 Å². The molecule has 9 nitrogen and oxygen atoms in total. The van der Waals surface area contributed by atoms with E-state index in [-0.39, 0.29) is 5.75 Å². The normalized spacial score (nSPS) is 15.8. The molecule has 2 aromatic heterocycles. The molecule has 29 heavy (non-hydrogen) atoms. The Labute approximate surface area is 170 Å². The molecule has 0 aliphatic carbocycles. The van der Waals surface area contributed by atoms with E-state index in [1.54, 1.807) is 6.07 Å². The number of sulfonamides is 1. The largest absolute Gasteiger partial charge is 0.363 e. The van der Waals surface area contributed by atoms with Gasteiger partial charge in [0.2, 0.25) is 10.0 Å². The van der Waals surface area contributed by atoms with E-state index in [0.29, 0.717) is 43.3 Å². The fourth-order valence-corrected chi connectivity index (χ4v) is 4.89. The zero-order chi connectivity index (χ0) is 20.6. The number of para-hydroxylation sites is 1. The average Bonchev–Trinajstić information content (AvgIpc) is 3.10. The minimum Gasteiger partial charge on any atom is -0.363 e. The summed E-state index contributed by atoms with van der Waals surface area (Å²) in [6.45, 7) is 3.81. The van der Waals surface area contributed by atoms with Crippen LogP contribution < -0.4 is 9.80 Å². The van der Waals surface area contributed by atoms with Crippen LogP contribution in [0.4, 0.5) is 11.6 Å². The number of fused-ring (bicyclic) bond motifs is 1. The summed E-state index contributed by atoms with van der Waals surface area (Å²) in [5, 5.41) is 4.70.